The standard InChI is InChI=1S/C12H16N4O/c1-9(2)7-16(8-12(14)17)11-6-15-4-3-10(11)5-13/h3-4,6,9H,7-8H2,1-2H3,(H2,14,17). The second-order valence-electron chi connectivity index (χ2n) is 4.25. The van der Waals surface area contributed by atoms with Crippen molar-refractivity contribution in [2.75, 3.05) is 18.0 Å². The molecule has 2 N–H and O–H groups in total. The number of carbonyl (C=O) groups is 1. The molecule has 0 aliphatic rings. The third kappa shape index (κ3) is 3.76. The highest BCUT2D eigenvalue weighted by Gasteiger charge is 2.14. The van der Waals surface area contributed by atoms with E-state index in [1.165, 1.54) is 0 Å². The van der Waals surface area contributed by atoms with Crippen LogP contribution >= 0.6 is 0 Å². The number of primary amides is 1. The van der Waals surface area contributed by atoms with E-state index in [0.717, 1.165) is 0 Å². The fourth-order valence-electron chi connectivity index (χ4n) is 1.61. The Labute approximate surface area is 101 Å². The monoisotopic (exact) mass is 232 g/mol. The van der Waals surface area contributed by atoms with Gasteiger partial charge in [0.1, 0.15) is 6.07 Å². The van der Waals surface area contributed by atoms with Gasteiger partial charge in [-0.3, -0.25) is 9.78 Å². The van der Waals surface area contributed by atoms with Crippen molar-refractivity contribution < 1.29 is 4.79 Å². The van der Waals surface area contributed by atoms with Crippen LogP contribution in [0.5, 0.6) is 0 Å². The summed E-state index contributed by atoms with van der Waals surface area (Å²) in [4.78, 5) is 16.8. The molecule has 5 heteroatoms. The predicted molar refractivity (Wildman–Crippen MR) is 65.2 cm³/mol. The lowest BCUT2D eigenvalue weighted by atomic mass is 10.1. The molecule has 0 aliphatic carbocycles. The van der Waals surface area contributed by atoms with Crippen molar-refractivity contribution in [2.45, 2.75) is 13.8 Å². The first-order chi connectivity index (χ1) is 8.04. The van der Waals surface area contributed by atoms with Crippen LogP contribution < -0.4 is 10.6 Å². The number of aromatic nitrogens is 1. The summed E-state index contributed by atoms with van der Waals surface area (Å²) < 4.78 is 0. The average molecular weight is 232 g/mol. The minimum Gasteiger partial charge on any atom is -0.368 e. The van der Waals surface area contributed by atoms with Gasteiger partial charge in [-0.25, -0.2) is 0 Å². The van der Waals surface area contributed by atoms with Gasteiger partial charge in [0.25, 0.3) is 0 Å². The van der Waals surface area contributed by atoms with E-state index in [1.54, 1.807) is 23.4 Å². The summed E-state index contributed by atoms with van der Waals surface area (Å²) in [7, 11) is 0. The number of nitrogens with two attached hydrogens (primary N) is 1. The van der Waals surface area contributed by atoms with Gasteiger partial charge in [-0.1, -0.05) is 13.8 Å². The van der Waals surface area contributed by atoms with Crippen molar-refractivity contribution in [2.24, 2.45) is 11.7 Å². The summed E-state index contributed by atoms with van der Waals surface area (Å²) in [5.74, 6) is -0.0560. The van der Waals surface area contributed by atoms with Gasteiger partial charge in [-0.15, -0.1) is 0 Å². The van der Waals surface area contributed by atoms with Crippen molar-refractivity contribution in [1.82, 2.24) is 4.98 Å². The molecule has 0 fully saturated rings. The Morgan fingerprint density at radius 3 is 2.88 bits per heavy atom. The molecule has 1 rings (SSSR count). The number of hydrogen-bond donors (Lipinski definition) is 1. The largest absolute Gasteiger partial charge is 0.368 e. The van der Waals surface area contributed by atoms with E-state index in [9.17, 15) is 4.79 Å². The predicted octanol–water partition coefficient (Wildman–Crippen LogP) is 0.901. The third-order valence-corrected chi connectivity index (χ3v) is 2.19. The quantitative estimate of drug-likeness (QED) is 0.817. The van der Waals surface area contributed by atoms with Crippen LogP contribution in [0.15, 0.2) is 18.5 Å². The van der Waals surface area contributed by atoms with Crippen molar-refractivity contribution in [3.63, 3.8) is 0 Å². The molecular weight excluding hydrogens is 216 g/mol. The van der Waals surface area contributed by atoms with E-state index in [0.29, 0.717) is 23.7 Å². The number of amides is 1. The summed E-state index contributed by atoms with van der Waals surface area (Å²) in [6.45, 7) is 4.83. The van der Waals surface area contributed by atoms with Gasteiger partial charge in [-0.2, -0.15) is 5.26 Å². The maximum Gasteiger partial charge on any atom is 0.236 e. The zero-order valence-corrected chi connectivity index (χ0v) is 10.1. The van der Waals surface area contributed by atoms with Crippen LogP contribution in [0.2, 0.25) is 0 Å². The molecule has 5 nitrogen and oxygen atoms in total. The van der Waals surface area contributed by atoms with Gasteiger partial charge in [0.05, 0.1) is 24.0 Å². The van der Waals surface area contributed by atoms with Crippen LogP contribution in [0.1, 0.15) is 19.4 Å². The van der Waals surface area contributed by atoms with Crippen LogP contribution in [0.3, 0.4) is 0 Å². The van der Waals surface area contributed by atoms with Crippen molar-refractivity contribution in [3.05, 3.63) is 24.0 Å². The number of rotatable bonds is 5. The molecule has 0 radical (unpaired) electrons. The summed E-state index contributed by atoms with van der Waals surface area (Å²) in [5, 5.41) is 9.01. The molecule has 1 aromatic heterocycles. The van der Waals surface area contributed by atoms with Crippen LogP contribution in [0.25, 0.3) is 0 Å². The lowest BCUT2D eigenvalue weighted by Crippen LogP contribution is -2.36. The molecule has 0 saturated heterocycles. The zero-order chi connectivity index (χ0) is 12.8. The third-order valence-electron chi connectivity index (χ3n) is 2.19. The Bertz CT molecular complexity index is 436. The highest BCUT2D eigenvalue weighted by atomic mass is 16.1. The van der Waals surface area contributed by atoms with Gasteiger partial charge < -0.3 is 10.6 Å². The molecule has 1 amide bonds. The second kappa shape index (κ2) is 5.85. The number of anilines is 1. The Morgan fingerprint density at radius 1 is 1.65 bits per heavy atom. The molecule has 0 bridgehead atoms. The molecule has 0 aliphatic heterocycles. The van der Waals surface area contributed by atoms with E-state index in [1.807, 2.05) is 13.8 Å². The van der Waals surface area contributed by atoms with Crippen LogP contribution in [-0.2, 0) is 4.79 Å². The maximum atomic E-state index is 11.0. The number of nitriles is 1. The van der Waals surface area contributed by atoms with Gasteiger partial charge in [-0.05, 0) is 12.0 Å². The minimum absolute atomic E-state index is 0.0958. The lowest BCUT2D eigenvalue weighted by Gasteiger charge is -2.25. The van der Waals surface area contributed by atoms with Gasteiger partial charge in [0.2, 0.25) is 5.91 Å². The highest BCUT2D eigenvalue weighted by Crippen LogP contribution is 2.19. The maximum absolute atomic E-state index is 11.0. The van der Waals surface area contributed by atoms with E-state index in [-0.39, 0.29) is 6.54 Å². The van der Waals surface area contributed by atoms with Crippen molar-refractivity contribution in [1.29, 1.82) is 5.26 Å². The van der Waals surface area contributed by atoms with Gasteiger partial charge in [0.15, 0.2) is 0 Å². The Kier molecular flexibility index (Phi) is 4.46. The van der Waals surface area contributed by atoms with Gasteiger partial charge in [0, 0.05) is 12.7 Å². The smallest absolute Gasteiger partial charge is 0.236 e. The van der Waals surface area contributed by atoms with Gasteiger partial charge >= 0.3 is 0 Å². The SMILES string of the molecule is CC(C)CN(CC(N)=O)c1cnccc1C#N. The molecule has 17 heavy (non-hydrogen) atoms. The molecule has 1 heterocycles. The lowest BCUT2D eigenvalue weighted by molar-refractivity contribution is -0.116. The molecular formula is C12H16N4O. The molecule has 0 saturated carbocycles. The van der Waals surface area contributed by atoms with Crippen LogP contribution in [-0.4, -0.2) is 24.0 Å². The Hall–Kier alpha value is -2.09. The first kappa shape index (κ1) is 13.0. The average Bonchev–Trinajstić information content (AvgIpc) is 2.27. The van der Waals surface area contributed by atoms with Crippen molar-refractivity contribution >= 4 is 11.6 Å². The number of carbonyl (C=O) groups excluding carboxylic acids is 1. The van der Waals surface area contributed by atoms with E-state index in [4.69, 9.17) is 11.0 Å². The fourth-order valence-corrected chi connectivity index (χ4v) is 1.61. The zero-order valence-electron chi connectivity index (χ0n) is 10.1. The Morgan fingerprint density at radius 2 is 2.35 bits per heavy atom. The summed E-state index contributed by atoms with van der Waals surface area (Å²) in [6, 6.07) is 3.72. The summed E-state index contributed by atoms with van der Waals surface area (Å²) >= 11 is 0. The van der Waals surface area contributed by atoms with E-state index < -0.39 is 5.91 Å². The number of nitrogens with zero attached hydrogens (tertiary/aromatic N) is 3. The van der Waals surface area contributed by atoms with E-state index >= 15 is 0 Å². The Balaban J connectivity index is 3.03. The highest BCUT2D eigenvalue weighted by molar-refractivity contribution is 5.80. The first-order valence-electron chi connectivity index (χ1n) is 5.42. The number of pyridine rings is 1. The van der Waals surface area contributed by atoms with Crippen LogP contribution in [0, 0.1) is 17.2 Å². The topological polar surface area (TPSA) is 83.0 Å². The fraction of sp³-hybridized carbons (Fsp3) is 0.417. The number of hydrogen-bond acceptors (Lipinski definition) is 4. The molecule has 0 spiro atoms. The van der Waals surface area contributed by atoms with E-state index in [2.05, 4.69) is 11.1 Å². The van der Waals surface area contributed by atoms with Crippen molar-refractivity contribution in [3.8, 4) is 6.07 Å². The van der Waals surface area contributed by atoms with Crippen LogP contribution in [0.4, 0.5) is 5.69 Å². The molecule has 1 aromatic rings. The first-order valence-corrected chi connectivity index (χ1v) is 5.42. The minimum atomic E-state index is -0.418. The molecule has 0 unspecified atom stereocenters. The summed E-state index contributed by atoms with van der Waals surface area (Å²) in [6.07, 6.45) is 3.14. The molecule has 90 valence electrons. The molecule has 0 aromatic carbocycles. The normalized spacial score (nSPS) is 10.0. The summed E-state index contributed by atoms with van der Waals surface area (Å²) in [5.41, 5.74) is 6.37. The second-order valence-corrected chi connectivity index (χ2v) is 4.25. The molecule has 0 atom stereocenters.